The molecule has 0 bridgehead atoms. The number of halogens is 1. The van der Waals surface area contributed by atoms with E-state index >= 15 is 0 Å². The first-order valence-electron chi connectivity index (χ1n) is 7.06. The highest BCUT2D eigenvalue weighted by atomic mass is 79.9. The van der Waals surface area contributed by atoms with Crippen molar-refractivity contribution in [2.45, 2.75) is 18.3 Å². The van der Waals surface area contributed by atoms with E-state index in [0.29, 0.717) is 0 Å². The lowest BCUT2D eigenvalue weighted by molar-refractivity contribution is 0.834. The van der Waals surface area contributed by atoms with Gasteiger partial charge in [0, 0.05) is 20.8 Å². The van der Waals surface area contributed by atoms with Crippen molar-refractivity contribution < 1.29 is 0 Å². The van der Waals surface area contributed by atoms with E-state index in [4.69, 9.17) is 4.98 Å². The van der Waals surface area contributed by atoms with Gasteiger partial charge in [-0.1, -0.05) is 64.5 Å². The van der Waals surface area contributed by atoms with Gasteiger partial charge in [-0.3, -0.25) is 0 Å². The Morgan fingerprint density at radius 3 is 2.38 bits per heavy atom. The molecule has 1 saturated carbocycles. The summed E-state index contributed by atoms with van der Waals surface area (Å²) in [6, 6.07) is 19.1. The van der Waals surface area contributed by atoms with Crippen LogP contribution in [0.4, 0.5) is 0 Å². The molecule has 3 aromatic rings. The molecule has 21 heavy (non-hydrogen) atoms. The van der Waals surface area contributed by atoms with Crippen molar-refractivity contribution in [1.29, 1.82) is 0 Å². The highest BCUT2D eigenvalue weighted by Gasteiger charge is 2.48. The fourth-order valence-electron chi connectivity index (χ4n) is 2.79. The Labute approximate surface area is 136 Å². The lowest BCUT2D eigenvalue weighted by Gasteiger charge is -2.12. The van der Waals surface area contributed by atoms with E-state index in [1.807, 2.05) is 6.07 Å². The van der Waals surface area contributed by atoms with Crippen LogP contribution < -0.4 is 0 Å². The predicted octanol–water partition coefficient (Wildman–Crippen LogP) is 5.65. The van der Waals surface area contributed by atoms with E-state index in [1.54, 1.807) is 11.3 Å². The Morgan fingerprint density at radius 1 is 0.952 bits per heavy atom. The second kappa shape index (κ2) is 5.08. The highest BCUT2D eigenvalue weighted by molar-refractivity contribution is 9.10. The Hall–Kier alpha value is -1.45. The van der Waals surface area contributed by atoms with E-state index in [0.717, 1.165) is 10.2 Å². The van der Waals surface area contributed by atoms with E-state index < -0.39 is 0 Å². The fraction of sp³-hybridized carbons (Fsp3) is 0.167. The lowest BCUT2D eigenvalue weighted by atomic mass is 9.97. The quantitative estimate of drug-likeness (QED) is 0.591. The lowest BCUT2D eigenvalue weighted by Crippen LogP contribution is -2.07. The molecule has 104 valence electrons. The standard InChI is InChI=1S/C18H14BrNS/c19-15-9-5-4-8-14(15)16-12-21-17(20-16)18(10-11-18)13-6-2-1-3-7-13/h1-9,12H,10-11H2. The minimum atomic E-state index is 0.172. The number of thiazole rings is 1. The van der Waals surface area contributed by atoms with Crippen LogP contribution in [0.2, 0.25) is 0 Å². The van der Waals surface area contributed by atoms with Gasteiger partial charge in [-0.2, -0.15) is 0 Å². The molecule has 1 aromatic heterocycles. The van der Waals surface area contributed by atoms with Gasteiger partial charge in [0.25, 0.3) is 0 Å². The molecular weight excluding hydrogens is 342 g/mol. The minimum absolute atomic E-state index is 0.172. The van der Waals surface area contributed by atoms with E-state index in [9.17, 15) is 0 Å². The Morgan fingerprint density at radius 2 is 1.67 bits per heavy atom. The number of aromatic nitrogens is 1. The van der Waals surface area contributed by atoms with E-state index in [2.05, 4.69) is 69.8 Å². The van der Waals surface area contributed by atoms with Crippen LogP contribution in [0, 0.1) is 0 Å². The normalized spacial score (nSPS) is 15.9. The van der Waals surface area contributed by atoms with Crippen molar-refractivity contribution in [2.24, 2.45) is 0 Å². The van der Waals surface area contributed by atoms with Crippen LogP contribution >= 0.6 is 27.3 Å². The summed E-state index contributed by atoms with van der Waals surface area (Å²) < 4.78 is 1.10. The van der Waals surface area contributed by atoms with Crippen LogP contribution in [0.5, 0.6) is 0 Å². The summed E-state index contributed by atoms with van der Waals surface area (Å²) in [7, 11) is 0. The summed E-state index contributed by atoms with van der Waals surface area (Å²) in [6.07, 6.45) is 2.42. The van der Waals surface area contributed by atoms with Crippen molar-refractivity contribution >= 4 is 27.3 Å². The molecule has 3 heteroatoms. The summed E-state index contributed by atoms with van der Waals surface area (Å²) in [5, 5.41) is 3.43. The zero-order valence-electron chi connectivity index (χ0n) is 11.4. The van der Waals surface area contributed by atoms with Gasteiger partial charge in [-0.25, -0.2) is 4.98 Å². The molecule has 1 heterocycles. The van der Waals surface area contributed by atoms with Gasteiger partial charge in [-0.05, 0) is 24.5 Å². The average Bonchev–Trinajstić information content (AvgIpc) is 3.20. The second-order valence-corrected chi connectivity index (χ2v) is 7.18. The minimum Gasteiger partial charge on any atom is -0.240 e. The SMILES string of the molecule is Brc1ccccc1-c1csc(C2(c3ccccc3)CC2)n1. The predicted molar refractivity (Wildman–Crippen MR) is 91.7 cm³/mol. The first-order chi connectivity index (χ1) is 10.3. The van der Waals surface area contributed by atoms with Crippen molar-refractivity contribution in [1.82, 2.24) is 4.98 Å². The molecule has 2 aromatic carbocycles. The van der Waals surface area contributed by atoms with Crippen molar-refractivity contribution in [2.75, 3.05) is 0 Å². The molecule has 0 unspecified atom stereocenters. The van der Waals surface area contributed by atoms with Crippen molar-refractivity contribution in [3.05, 3.63) is 75.0 Å². The first-order valence-corrected chi connectivity index (χ1v) is 8.73. The Balaban J connectivity index is 1.74. The fourth-order valence-corrected chi connectivity index (χ4v) is 4.38. The number of rotatable bonds is 3. The average molecular weight is 356 g/mol. The summed E-state index contributed by atoms with van der Waals surface area (Å²) in [6.45, 7) is 0. The number of hydrogen-bond donors (Lipinski definition) is 0. The molecule has 0 amide bonds. The molecule has 4 rings (SSSR count). The van der Waals surface area contributed by atoms with Gasteiger partial charge in [0.15, 0.2) is 0 Å². The zero-order valence-corrected chi connectivity index (χ0v) is 13.8. The molecule has 1 nitrogen and oxygen atoms in total. The third kappa shape index (κ3) is 2.25. The van der Waals surface area contributed by atoms with Crippen LogP contribution in [0.3, 0.4) is 0 Å². The number of hydrogen-bond acceptors (Lipinski definition) is 2. The maximum atomic E-state index is 4.94. The summed E-state index contributed by atoms with van der Waals surface area (Å²) in [5.41, 5.74) is 3.82. The van der Waals surface area contributed by atoms with Gasteiger partial charge in [0.1, 0.15) is 5.01 Å². The third-order valence-corrected chi connectivity index (χ3v) is 5.88. The van der Waals surface area contributed by atoms with Gasteiger partial charge in [-0.15, -0.1) is 11.3 Å². The molecule has 0 radical (unpaired) electrons. The molecule has 1 fully saturated rings. The number of nitrogens with zero attached hydrogens (tertiary/aromatic N) is 1. The van der Waals surface area contributed by atoms with Gasteiger partial charge in [0.2, 0.25) is 0 Å². The first kappa shape index (κ1) is 13.2. The Bertz CT molecular complexity index is 775. The molecule has 0 atom stereocenters. The van der Waals surface area contributed by atoms with Crippen molar-refractivity contribution in [3.8, 4) is 11.3 Å². The van der Waals surface area contributed by atoms with Crippen LogP contribution in [0.25, 0.3) is 11.3 Å². The molecule has 0 N–H and O–H groups in total. The third-order valence-electron chi connectivity index (χ3n) is 4.14. The van der Waals surface area contributed by atoms with Gasteiger partial charge >= 0.3 is 0 Å². The molecule has 0 aliphatic heterocycles. The van der Waals surface area contributed by atoms with Crippen LogP contribution in [0.1, 0.15) is 23.4 Å². The maximum absolute atomic E-state index is 4.94. The summed E-state index contributed by atoms with van der Waals surface area (Å²) in [5.74, 6) is 0. The molecule has 0 saturated heterocycles. The Kier molecular flexibility index (Phi) is 3.20. The monoisotopic (exact) mass is 355 g/mol. The van der Waals surface area contributed by atoms with Crippen LogP contribution in [-0.4, -0.2) is 4.98 Å². The molecule has 1 aliphatic carbocycles. The van der Waals surface area contributed by atoms with Crippen LogP contribution in [0.15, 0.2) is 64.5 Å². The summed E-state index contributed by atoms with van der Waals surface area (Å²) >= 11 is 5.40. The zero-order chi connectivity index (χ0) is 14.3. The second-order valence-electron chi connectivity index (χ2n) is 5.47. The van der Waals surface area contributed by atoms with Crippen LogP contribution in [-0.2, 0) is 5.41 Å². The number of benzene rings is 2. The molecule has 0 spiro atoms. The van der Waals surface area contributed by atoms with Gasteiger partial charge in [0.05, 0.1) is 5.69 Å². The largest absolute Gasteiger partial charge is 0.240 e. The smallest absolute Gasteiger partial charge is 0.104 e. The van der Waals surface area contributed by atoms with Crippen molar-refractivity contribution in [3.63, 3.8) is 0 Å². The topological polar surface area (TPSA) is 12.9 Å². The van der Waals surface area contributed by atoms with Gasteiger partial charge < -0.3 is 0 Å². The maximum Gasteiger partial charge on any atom is 0.104 e. The highest BCUT2D eigenvalue weighted by Crippen LogP contribution is 2.54. The molecule has 1 aliphatic rings. The van der Waals surface area contributed by atoms with E-state index in [1.165, 1.54) is 29.0 Å². The summed E-state index contributed by atoms with van der Waals surface area (Å²) in [4.78, 5) is 4.94. The molecular formula is C18H14BrNS. The van der Waals surface area contributed by atoms with E-state index in [-0.39, 0.29) is 5.41 Å².